The van der Waals surface area contributed by atoms with E-state index < -0.39 is 0 Å². The van der Waals surface area contributed by atoms with Crippen molar-refractivity contribution in [2.75, 3.05) is 5.43 Å². The van der Waals surface area contributed by atoms with Gasteiger partial charge in [0.1, 0.15) is 0 Å². The van der Waals surface area contributed by atoms with Crippen LogP contribution in [0.3, 0.4) is 0 Å². The lowest BCUT2D eigenvalue weighted by Gasteiger charge is -2.00. The lowest BCUT2D eigenvalue weighted by molar-refractivity contribution is 1.34. The molecule has 11 heavy (non-hydrogen) atoms. The van der Waals surface area contributed by atoms with Crippen LogP contribution in [0.15, 0.2) is 18.2 Å². The molecule has 0 aromatic heterocycles. The van der Waals surface area contributed by atoms with Crippen LogP contribution in [0.1, 0.15) is 0 Å². The van der Waals surface area contributed by atoms with Crippen LogP contribution in [0.2, 0.25) is 0 Å². The molecule has 0 atom stereocenters. The van der Waals surface area contributed by atoms with Crippen molar-refractivity contribution in [2.24, 2.45) is 5.84 Å². The number of hydrazine groups is 1. The maximum Gasteiger partial charge on any atom is 0.0496 e. The summed E-state index contributed by atoms with van der Waals surface area (Å²) in [4.78, 5) is 0. The molecule has 0 unspecified atom stereocenters. The zero-order valence-electron chi connectivity index (χ0n) is 5.47. The lowest BCUT2D eigenvalue weighted by Crippen LogP contribution is -2.06. The summed E-state index contributed by atoms with van der Waals surface area (Å²) in [6.45, 7) is 0. The quantitative estimate of drug-likeness (QED) is 0.435. The summed E-state index contributed by atoms with van der Waals surface area (Å²) in [5.41, 5.74) is 3.54. The van der Waals surface area contributed by atoms with Crippen molar-refractivity contribution < 1.29 is 0 Å². The minimum Gasteiger partial charge on any atom is -0.324 e. The van der Waals surface area contributed by atoms with Gasteiger partial charge in [-0.05, 0) is 63.4 Å². The monoisotopic (exact) mass is 396 g/mol. The van der Waals surface area contributed by atoms with Crippen molar-refractivity contribution in [3.05, 3.63) is 25.3 Å². The topological polar surface area (TPSA) is 38.0 Å². The van der Waals surface area contributed by atoms with E-state index in [-0.39, 0.29) is 12.4 Å². The number of anilines is 1. The number of benzene rings is 1. The van der Waals surface area contributed by atoms with E-state index in [4.69, 9.17) is 5.84 Å². The lowest BCUT2D eigenvalue weighted by atomic mass is 10.3. The largest absolute Gasteiger partial charge is 0.324 e. The third-order valence-electron chi connectivity index (χ3n) is 1.09. The maximum atomic E-state index is 5.21. The van der Waals surface area contributed by atoms with E-state index in [0.717, 1.165) is 5.69 Å². The Balaban J connectivity index is 0.000001000. The van der Waals surface area contributed by atoms with Crippen molar-refractivity contribution in [1.82, 2.24) is 0 Å². The van der Waals surface area contributed by atoms with Crippen LogP contribution < -0.4 is 11.3 Å². The fraction of sp³-hybridized carbons (Fsp3) is 0. The number of halogens is 3. The summed E-state index contributed by atoms with van der Waals surface area (Å²) in [6, 6.07) is 5.98. The average molecular weight is 396 g/mol. The molecule has 0 saturated heterocycles. The number of rotatable bonds is 1. The molecule has 0 amide bonds. The normalized spacial score (nSPS) is 8.64. The molecule has 1 aromatic rings. The first kappa shape index (κ1) is 11.7. The standard InChI is InChI=1S/C6H6I2N2.ClH/c7-5-2-1-4(10-9)3-6(5)8;/h1-3,10H,9H2;1H. The summed E-state index contributed by atoms with van der Waals surface area (Å²) in [7, 11) is 0. The van der Waals surface area contributed by atoms with Crippen molar-refractivity contribution in [3.63, 3.8) is 0 Å². The van der Waals surface area contributed by atoms with E-state index >= 15 is 0 Å². The fourth-order valence-corrected chi connectivity index (χ4v) is 1.44. The van der Waals surface area contributed by atoms with Gasteiger partial charge in [-0.25, -0.2) is 0 Å². The Morgan fingerprint density at radius 1 is 1.18 bits per heavy atom. The van der Waals surface area contributed by atoms with Crippen LogP contribution in [-0.4, -0.2) is 0 Å². The number of nitrogens with one attached hydrogen (secondary N) is 1. The van der Waals surface area contributed by atoms with Gasteiger partial charge in [-0.2, -0.15) is 0 Å². The molecule has 1 aromatic carbocycles. The minimum atomic E-state index is 0. The molecule has 0 fully saturated rings. The Bertz CT molecular complexity index is 242. The second-order valence-electron chi connectivity index (χ2n) is 1.77. The molecule has 0 aliphatic carbocycles. The summed E-state index contributed by atoms with van der Waals surface area (Å²) in [5.74, 6) is 5.21. The van der Waals surface area contributed by atoms with Crippen molar-refractivity contribution in [3.8, 4) is 0 Å². The average Bonchev–Trinajstić information content (AvgIpc) is 1.95. The van der Waals surface area contributed by atoms with Crippen molar-refractivity contribution in [1.29, 1.82) is 0 Å². The Kier molecular flexibility index (Phi) is 5.75. The van der Waals surface area contributed by atoms with Gasteiger partial charge in [0.15, 0.2) is 0 Å². The SMILES string of the molecule is Cl.NNc1ccc(I)c(I)c1. The van der Waals surface area contributed by atoms with Gasteiger partial charge in [0.25, 0.3) is 0 Å². The molecule has 0 bridgehead atoms. The van der Waals surface area contributed by atoms with E-state index in [9.17, 15) is 0 Å². The van der Waals surface area contributed by atoms with Gasteiger partial charge in [0, 0.05) is 12.8 Å². The van der Waals surface area contributed by atoms with Gasteiger partial charge in [0.2, 0.25) is 0 Å². The molecule has 2 nitrogen and oxygen atoms in total. The minimum absolute atomic E-state index is 0. The molecular weight excluding hydrogens is 389 g/mol. The van der Waals surface area contributed by atoms with Crippen LogP contribution in [0, 0.1) is 7.14 Å². The van der Waals surface area contributed by atoms with Gasteiger partial charge >= 0.3 is 0 Å². The van der Waals surface area contributed by atoms with Crippen LogP contribution in [0.5, 0.6) is 0 Å². The smallest absolute Gasteiger partial charge is 0.0496 e. The molecule has 1 rings (SSSR count). The highest BCUT2D eigenvalue weighted by Crippen LogP contribution is 2.18. The van der Waals surface area contributed by atoms with Crippen LogP contribution in [0.25, 0.3) is 0 Å². The number of hydrogen-bond donors (Lipinski definition) is 2. The summed E-state index contributed by atoms with van der Waals surface area (Å²) < 4.78 is 2.46. The number of hydrogen-bond acceptors (Lipinski definition) is 2. The Morgan fingerprint density at radius 3 is 2.27 bits per heavy atom. The molecule has 62 valence electrons. The molecule has 3 N–H and O–H groups in total. The zero-order valence-corrected chi connectivity index (χ0v) is 10.6. The van der Waals surface area contributed by atoms with Crippen molar-refractivity contribution >= 4 is 63.3 Å². The fourth-order valence-electron chi connectivity index (χ4n) is 0.586. The Morgan fingerprint density at radius 2 is 1.82 bits per heavy atom. The van der Waals surface area contributed by atoms with Gasteiger partial charge in [-0.3, -0.25) is 5.84 Å². The predicted molar refractivity (Wildman–Crippen MR) is 66.9 cm³/mol. The highest BCUT2D eigenvalue weighted by Gasteiger charge is 1.94. The second kappa shape index (κ2) is 5.39. The first-order valence-electron chi connectivity index (χ1n) is 2.65. The first-order valence-corrected chi connectivity index (χ1v) is 4.81. The Hall–Kier alpha value is 0.730. The maximum absolute atomic E-state index is 5.21. The third-order valence-corrected chi connectivity index (χ3v) is 3.95. The van der Waals surface area contributed by atoms with Gasteiger partial charge in [-0.1, -0.05) is 0 Å². The molecular formula is C6H7ClI2N2. The molecule has 0 spiro atoms. The van der Waals surface area contributed by atoms with E-state index in [1.54, 1.807) is 0 Å². The highest BCUT2D eigenvalue weighted by atomic mass is 127. The predicted octanol–water partition coefficient (Wildman–Crippen LogP) is 2.60. The van der Waals surface area contributed by atoms with Gasteiger partial charge < -0.3 is 5.43 Å². The number of nitrogen functional groups attached to an aromatic ring is 1. The van der Waals surface area contributed by atoms with E-state index in [1.807, 2.05) is 18.2 Å². The third kappa shape index (κ3) is 3.30. The molecule has 0 aliphatic heterocycles. The van der Waals surface area contributed by atoms with Crippen LogP contribution in [-0.2, 0) is 0 Å². The molecule has 0 radical (unpaired) electrons. The summed E-state index contributed by atoms with van der Waals surface area (Å²) >= 11 is 4.55. The molecule has 0 saturated carbocycles. The van der Waals surface area contributed by atoms with Crippen LogP contribution in [0.4, 0.5) is 5.69 Å². The Labute approximate surface area is 99.0 Å². The molecule has 0 aliphatic rings. The zero-order chi connectivity index (χ0) is 7.56. The molecule has 5 heteroatoms. The van der Waals surface area contributed by atoms with Gasteiger partial charge in [0.05, 0.1) is 0 Å². The van der Waals surface area contributed by atoms with E-state index in [0.29, 0.717) is 0 Å². The van der Waals surface area contributed by atoms with E-state index in [2.05, 4.69) is 50.6 Å². The van der Waals surface area contributed by atoms with E-state index in [1.165, 1.54) is 7.14 Å². The highest BCUT2D eigenvalue weighted by molar-refractivity contribution is 14.1. The number of nitrogens with two attached hydrogens (primary N) is 1. The second-order valence-corrected chi connectivity index (χ2v) is 4.10. The molecule has 0 heterocycles. The van der Waals surface area contributed by atoms with Crippen molar-refractivity contribution in [2.45, 2.75) is 0 Å². The first-order chi connectivity index (χ1) is 4.74. The van der Waals surface area contributed by atoms with Crippen LogP contribution >= 0.6 is 57.6 Å². The van der Waals surface area contributed by atoms with Gasteiger partial charge in [-0.15, -0.1) is 12.4 Å². The summed E-state index contributed by atoms with van der Waals surface area (Å²) in [6.07, 6.45) is 0. The summed E-state index contributed by atoms with van der Waals surface area (Å²) in [5, 5.41) is 0.